The Hall–Kier alpha value is -2.30. The van der Waals surface area contributed by atoms with Crippen LogP contribution in [0, 0.1) is 0 Å². The van der Waals surface area contributed by atoms with Crippen LogP contribution in [0.25, 0.3) is 10.9 Å². The molecule has 0 aliphatic carbocycles. The molecule has 0 amide bonds. The first kappa shape index (κ1) is 15.9. The summed E-state index contributed by atoms with van der Waals surface area (Å²) in [5.74, 6) is 0. The van der Waals surface area contributed by atoms with Crippen molar-refractivity contribution < 1.29 is 0 Å². The number of likely N-dealkylation sites (N-methyl/N-ethyl adjacent to an activating group) is 2. The van der Waals surface area contributed by atoms with Crippen LogP contribution in [0.2, 0.25) is 0 Å². The van der Waals surface area contributed by atoms with Gasteiger partial charge in [0, 0.05) is 34.9 Å². The van der Waals surface area contributed by atoms with E-state index in [9.17, 15) is 0 Å². The van der Waals surface area contributed by atoms with Crippen molar-refractivity contribution in [3.8, 4) is 0 Å². The zero-order valence-corrected chi connectivity index (χ0v) is 15.5. The predicted molar refractivity (Wildman–Crippen MR) is 108 cm³/mol. The zero-order chi connectivity index (χ0) is 17.7. The SMILES string of the molecule is CNCCc1cn([C@]23CCN(C)[C@H]2Nc2ccccc23)c2ccccc12. The van der Waals surface area contributed by atoms with Gasteiger partial charge in [-0.05, 0) is 51.2 Å². The van der Waals surface area contributed by atoms with Gasteiger partial charge in [0.25, 0.3) is 0 Å². The lowest BCUT2D eigenvalue weighted by Crippen LogP contribution is -2.46. The highest BCUT2D eigenvalue weighted by atomic mass is 15.4. The number of fused-ring (bicyclic) bond motifs is 4. The van der Waals surface area contributed by atoms with E-state index in [1.165, 1.54) is 27.7 Å². The molecular formula is C22H26N4. The van der Waals surface area contributed by atoms with Crippen molar-refractivity contribution >= 4 is 16.6 Å². The number of para-hydroxylation sites is 2. The summed E-state index contributed by atoms with van der Waals surface area (Å²) in [4.78, 5) is 2.46. The number of likely N-dealkylation sites (tertiary alicyclic amines) is 1. The summed E-state index contributed by atoms with van der Waals surface area (Å²) in [6.45, 7) is 2.10. The van der Waals surface area contributed by atoms with Gasteiger partial charge in [-0.25, -0.2) is 0 Å². The number of rotatable bonds is 4. The van der Waals surface area contributed by atoms with Crippen molar-refractivity contribution in [3.05, 3.63) is 65.9 Å². The number of aromatic nitrogens is 1. The van der Waals surface area contributed by atoms with Crippen LogP contribution in [-0.2, 0) is 12.0 Å². The van der Waals surface area contributed by atoms with Crippen LogP contribution < -0.4 is 10.6 Å². The summed E-state index contributed by atoms with van der Waals surface area (Å²) in [5, 5.41) is 8.48. The molecule has 2 aromatic carbocycles. The Morgan fingerprint density at radius 2 is 1.96 bits per heavy atom. The average molecular weight is 346 g/mol. The molecule has 1 aromatic heterocycles. The smallest absolute Gasteiger partial charge is 0.108 e. The molecule has 0 radical (unpaired) electrons. The molecule has 5 rings (SSSR count). The molecule has 0 spiro atoms. The highest BCUT2D eigenvalue weighted by Crippen LogP contribution is 2.50. The van der Waals surface area contributed by atoms with Crippen LogP contribution in [0.15, 0.2) is 54.7 Å². The van der Waals surface area contributed by atoms with Gasteiger partial charge in [0.15, 0.2) is 0 Å². The lowest BCUT2D eigenvalue weighted by molar-refractivity contribution is 0.261. The summed E-state index contributed by atoms with van der Waals surface area (Å²) in [6, 6.07) is 17.7. The lowest BCUT2D eigenvalue weighted by atomic mass is 9.88. The van der Waals surface area contributed by atoms with Crippen LogP contribution in [-0.4, -0.2) is 42.8 Å². The standard InChI is InChI=1S/C22H26N4/c1-23-13-11-16-15-26(20-10-6-3-7-17(16)20)22-12-14-25(2)21(22)24-19-9-5-4-8-18(19)22/h3-10,15,21,23-24H,11-14H2,1-2H3/t21-,22+/m1/s1. The van der Waals surface area contributed by atoms with Gasteiger partial charge in [-0.2, -0.15) is 0 Å². The summed E-state index contributed by atoms with van der Waals surface area (Å²) in [7, 11) is 4.26. The highest BCUT2D eigenvalue weighted by molar-refractivity contribution is 5.85. The monoisotopic (exact) mass is 346 g/mol. The van der Waals surface area contributed by atoms with E-state index < -0.39 is 0 Å². The molecule has 0 bridgehead atoms. The zero-order valence-electron chi connectivity index (χ0n) is 15.5. The Morgan fingerprint density at radius 3 is 2.85 bits per heavy atom. The van der Waals surface area contributed by atoms with Crippen molar-refractivity contribution in [1.29, 1.82) is 0 Å². The van der Waals surface area contributed by atoms with Gasteiger partial charge in [0.1, 0.15) is 11.7 Å². The number of nitrogens with zero attached hydrogens (tertiary/aromatic N) is 2. The lowest BCUT2D eigenvalue weighted by Gasteiger charge is -2.34. The van der Waals surface area contributed by atoms with Gasteiger partial charge >= 0.3 is 0 Å². The Morgan fingerprint density at radius 1 is 1.15 bits per heavy atom. The molecule has 0 saturated carbocycles. The van der Waals surface area contributed by atoms with Gasteiger partial charge in [-0.1, -0.05) is 36.4 Å². The van der Waals surface area contributed by atoms with Crippen molar-refractivity contribution in [2.45, 2.75) is 24.5 Å². The molecule has 2 aliphatic heterocycles. The maximum Gasteiger partial charge on any atom is 0.108 e. The van der Waals surface area contributed by atoms with E-state index in [4.69, 9.17) is 0 Å². The van der Waals surface area contributed by atoms with E-state index in [1.807, 2.05) is 7.05 Å². The molecule has 3 heterocycles. The van der Waals surface area contributed by atoms with E-state index in [0.29, 0.717) is 6.17 Å². The summed E-state index contributed by atoms with van der Waals surface area (Å²) in [5.41, 5.74) is 5.44. The summed E-state index contributed by atoms with van der Waals surface area (Å²) < 4.78 is 2.57. The first-order valence-electron chi connectivity index (χ1n) is 9.56. The van der Waals surface area contributed by atoms with Crippen molar-refractivity contribution in [2.24, 2.45) is 0 Å². The van der Waals surface area contributed by atoms with Crippen LogP contribution in [0.3, 0.4) is 0 Å². The van der Waals surface area contributed by atoms with Gasteiger partial charge in [-0.3, -0.25) is 4.90 Å². The fraction of sp³-hybridized carbons (Fsp3) is 0.364. The Labute approximate surface area is 154 Å². The summed E-state index contributed by atoms with van der Waals surface area (Å²) >= 11 is 0. The third-order valence-corrected chi connectivity index (χ3v) is 6.29. The highest BCUT2D eigenvalue weighted by Gasteiger charge is 2.54. The fourth-order valence-electron chi connectivity index (χ4n) is 5.04. The number of nitrogens with one attached hydrogen (secondary N) is 2. The second kappa shape index (κ2) is 5.86. The molecule has 2 atom stereocenters. The molecule has 4 nitrogen and oxygen atoms in total. The fourth-order valence-corrected chi connectivity index (χ4v) is 5.04. The molecule has 1 saturated heterocycles. The van der Waals surface area contributed by atoms with E-state index in [0.717, 1.165) is 25.9 Å². The maximum atomic E-state index is 3.80. The topological polar surface area (TPSA) is 32.2 Å². The molecule has 3 aromatic rings. The Balaban J connectivity index is 1.76. The van der Waals surface area contributed by atoms with Crippen LogP contribution in [0.5, 0.6) is 0 Å². The quantitative estimate of drug-likeness (QED) is 0.761. The van der Waals surface area contributed by atoms with Crippen molar-refractivity contribution in [2.75, 3.05) is 32.5 Å². The van der Waals surface area contributed by atoms with Gasteiger partial charge in [0.2, 0.25) is 0 Å². The second-order valence-electron chi connectivity index (χ2n) is 7.64. The molecule has 1 fully saturated rings. The van der Waals surface area contributed by atoms with Crippen LogP contribution >= 0.6 is 0 Å². The predicted octanol–water partition coefficient (Wildman–Crippen LogP) is 3.23. The van der Waals surface area contributed by atoms with Crippen LogP contribution in [0.1, 0.15) is 17.5 Å². The normalized spacial score (nSPS) is 24.6. The number of anilines is 1. The minimum absolute atomic E-state index is 0.0388. The van der Waals surface area contributed by atoms with E-state index in [1.54, 1.807) is 0 Å². The Bertz CT molecular complexity index is 960. The largest absolute Gasteiger partial charge is 0.367 e. The molecule has 0 unspecified atom stereocenters. The van der Waals surface area contributed by atoms with Crippen LogP contribution in [0.4, 0.5) is 5.69 Å². The average Bonchev–Trinajstić information content (AvgIpc) is 3.31. The van der Waals surface area contributed by atoms with Gasteiger partial charge in [0.05, 0.1) is 0 Å². The molecule has 26 heavy (non-hydrogen) atoms. The van der Waals surface area contributed by atoms with Crippen molar-refractivity contribution in [3.63, 3.8) is 0 Å². The Kier molecular flexibility index (Phi) is 3.59. The first-order valence-corrected chi connectivity index (χ1v) is 9.56. The second-order valence-corrected chi connectivity index (χ2v) is 7.64. The number of benzene rings is 2. The molecule has 2 N–H and O–H groups in total. The molecular weight excluding hydrogens is 320 g/mol. The minimum Gasteiger partial charge on any atom is -0.367 e. The molecule has 4 heteroatoms. The third-order valence-electron chi connectivity index (χ3n) is 6.29. The van der Waals surface area contributed by atoms with E-state index in [-0.39, 0.29) is 5.54 Å². The van der Waals surface area contributed by atoms with E-state index >= 15 is 0 Å². The van der Waals surface area contributed by atoms with Crippen molar-refractivity contribution in [1.82, 2.24) is 14.8 Å². The van der Waals surface area contributed by atoms with E-state index in [2.05, 4.69) is 81.9 Å². The third kappa shape index (κ3) is 2.03. The van der Waals surface area contributed by atoms with Gasteiger partial charge < -0.3 is 15.2 Å². The summed E-state index contributed by atoms with van der Waals surface area (Å²) in [6.07, 6.45) is 4.89. The molecule has 134 valence electrons. The van der Waals surface area contributed by atoms with Gasteiger partial charge in [-0.15, -0.1) is 0 Å². The maximum absolute atomic E-state index is 3.80. The first-order chi connectivity index (χ1) is 12.8. The number of hydrogen-bond acceptors (Lipinski definition) is 3. The number of hydrogen-bond donors (Lipinski definition) is 2. The molecule has 2 aliphatic rings. The minimum atomic E-state index is -0.0388.